The summed E-state index contributed by atoms with van der Waals surface area (Å²) in [6, 6.07) is 16.0. The van der Waals surface area contributed by atoms with Crippen LogP contribution in [0, 0.1) is 6.92 Å². The summed E-state index contributed by atoms with van der Waals surface area (Å²) in [6.07, 6.45) is 3.92. The number of carbonyl (C=O) groups excluding carboxylic acids is 1. The summed E-state index contributed by atoms with van der Waals surface area (Å²) in [6.45, 7) is 8.60. The van der Waals surface area contributed by atoms with Gasteiger partial charge in [0, 0.05) is 37.4 Å². The minimum Gasteiger partial charge on any atom is -0.370 e. The first-order chi connectivity index (χ1) is 14.5. The van der Waals surface area contributed by atoms with E-state index in [9.17, 15) is 4.79 Å². The van der Waals surface area contributed by atoms with E-state index in [-0.39, 0.29) is 12.1 Å². The zero-order chi connectivity index (χ0) is 20.8. The number of nitrogens with zero attached hydrogens (tertiary/aromatic N) is 3. The number of fused-ring (bicyclic) bond motifs is 1. The van der Waals surface area contributed by atoms with Crippen LogP contribution in [0.25, 0.3) is 0 Å². The second-order valence-electron chi connectivity index (χ2n) is 9.23. The van der Waals surface area contributed by atoms with E-state index in [0.29, 0.717) is 12.6 Å². The standard InChI is InChI=1S/C25H32N4O/c1-17-14-20(27-13-11-21(16-27)28-12-5-6-18(28)2)9-10-22(17)24-23-8-4-3-7-19(23)15-29(24)25(26)30/h3-4,7-10,14,18,21,24H,5-6,11-13,15-16H2,1-2H3,(H2,26,30). The number of hydrogen-bond donors (Lipinski definition) is 1. The Morgan fingerprint density at radius 2 is 1.90 bits per heavy atom. The molecular weight excluding hydrogens is 372 g/mol. The quantitative estimate of drug-likeness (QED) is 0.840. The average Bonchev–Trinajstić information content (AvgIpc) is 3.45. The van der Waals surface area contributed by atoms with E-state index in [4.69, 9.17) is 5.73 Å². The maximum atomic E-state index is 12.2. The number of rotatable bonds is 3. The van der Waals surface area contributed by atoms with Gasteiger partial charge in [0.15, 0.2) is 0 Å². The maximum Gasteiger partial charge on any atom is 0.315 e. The number of nitrogens with two attached hydrogens (primary N) is 1. The van der Waals surface area contributed by atoms with E-state index >= 15 is 0 Å². The van der Waals surface area contributed by atoms with Crippen LogP contribution >= 0.6 is 0 Å². The van der Waals surface area contributed by atoms with Crippen LogP contribution in [0.15, 0.2) is 42.5 Å². The second kappa shape index (κ2) is 7.62. The molecule has 0 aliphatic carbocycles. The Morgan fingerprint density at radius 3 is 2.63 bits per heavy atom. The number of likely N-dealkylation sites (tertiary alicyclic amines) is 1. The summed E-state index contributed by atoms with van der Waals surface area (Å²) in [5.74, 6) is 0. The summed E-state index contributed by atoms with van der Waals surface area (Å²) in [5, 5.41) is 0. The number of carbonyl (C=O) groups is 1. The van der Waals surface area contributed by atoms with Gasteiger partial charge in [0.25, 0.3) is 0 Å². The van der Waals surface area contributed by atoms with Gasteiger partial charge in [0.2, 0.25) is 0 Å². The molecule has 3 unspecified atom stereocenters. The summed E-state index contributed by atoms with van der Waals surface area (Å²) in [7, 11) is 0. The molecule has 5 rings (SSSR count). The average molecular weight is 405 g/mol. The van der Waals surface area contributed by atoms with Crippen molar-refractivity contribution in [1.82, 2.24) is 9.80 Å². The molecular formula is C25H32N4O. The van der Waals surface area contributed by atoms with Crippen molar-refractivity contribution in [2.24, 2.45) is 5.73 Å². The summed E-state index contributed by atoms with van der Waals surface area (Å²) in [4.78, 5) is 19.2. The molecule has 3 atom stereocenters. The van der Waals surface area contributed by atoms with E-state index in [1.807, 2.05) is 12.1 Å². The van der Waals surface area contributed by atoms with Gasteiger partial charge < -0.3 is 15.5 Å². The van der Waals surface area contributed by atoms with Crippen molar-refractivity contribution in [3.8, 4) is 0 Å². The first kappa shape index (κ1) is 19.4. The van der Waals surface area contributed by atoms with Crippen molar-refractivity contribution in [3.63, 3.8) is 0 Å². The van der Waals surface area contributed by atoms with E-state index < -0.39 is 0 Å². The fourth-order valence-electron chi connectivity index (χ4n) is 5.84. The fraction of sp³-hybridized carbons (Fsp3) is 0.480. The number of aryl methyl sites for hydroxylation is 1. The third kappa shape index (κ3) is 3.25. The number of primary amides is 1. The molecule has 0 spiro atoms. The molecule has 2 aromatic carbocycles. The van der Waals surface area contributed by atoms with E-state index in [2.05, 4.69) is 54.0 Å². The lowest BCUT2D eigenvalue weighted by Crippen LogP contribution is -2.39. The maximum absolute atomic E-state index is 12.2. The third-order valence-corrected chi connectivity index (χ3v) is 7.43. The first-order valence-electron chi connectivity index (χ1n) is 11.3. The van der Waals surface area contributed by atoms with Crippen LogP contribution in [0.3, 0.4) is 0 Å². The summed E-state index contributed by atoms with van der Waals surface area (Å²) >= 11 is 0. The Kier molecular flexibility index (Phi) is 4.94. The molecule has 3 heterocycles. The van der Waals surface area contributed by atoms with Crippen molar-refractivity contribution in [2.75, 3.05) is 24.5 Å². The van der Waals surface area contributed by atoms with Gasteiger partial charge in [-0.2, -0.15) is 0 Å². The van der Waals surface area contributed by atoms with Gasteiger partial charge in [-0.05, 0) is 74.0 Å². The summed E-state index contributed by atoms with van der Waals surface area (Å²) in [5.41, 5.74) is 11.8. The van der Waals surface area contributed by atoms with Gasteiger partial charge in [0.1, 0.15) is 0 Å². The van der Waals surface area contributed by atoms with Crippen molar-refractivity contribution in [3.05, 3.63) is 64.7 Å². The molecule has 0 radical (unpaired) electrons. The number of urea groups is 1. The molecule has 2 fully saturated rings. The number of hydrogen-bond acceptors (Lipinski definition) is 3. The molecule has 30 heavy (non-hydrogen) atoms. The monoisotopic (exact) mass is 404 g/mol. The lowest BCUT2D eigenvalue weighted by Gasteiger charge is -2.29. The molecule has 2 saturated heterocycles. The zero-order valence-corrected chi connectivity index (χ0v) is 18.1. The molecule has 2 amide bonds. The predicted octanol–water partition coefficient (Wildman–Crippen LogP) is 4.04. The molecule has 158 valence electrons. The highest BCUT2D eigenvalue weighted by Crippen LogP contribution is 2.40. The highest BCUT2D eigenvalue weighted by Gasteiger charge is 2.35. The fourth-order valence-corrected chi connectivity index (χ4v) is 5.84. The molecule has 5 heteroatoms. The molecule has 3 aliphatic heterocycles. The number of anilines is 1. The van der Waals surface area contributed by atoms with Crippen LogP contribution in [0.2, 0.25) is 0 Å². The highest BCUT2D eigenvalue weighted by atomic mass is 16.2. The lowest BCUT2D eigenvalue weighted by atomic mass is 9.94. The molecule has 5 nitrogen and oxygen atoms in total. The lowest BCUT2D eigenvalue weighted by molar-refractivity contribution is 0.199. The van der Waals surface area contributed by atoms with Crippen molar-refractivity contribution >= 4 is 11.7 Å². The second-order valence-corrected chi connectivity index (χ2v) is 9.23. The molecule has 3 aliphatic rings. The van der Waals surface area contributed by atoms with Crippen LogP contribution in [0.1, 0.15) is 54.5 Å². The van der Waals surface area contributed by atoms with Gasteiger partial charge >= 0.3 is 6.03 Å². The molecule has 0 saturated carbocycles. The number of amides is 2. The van der Waals surface area contributed by atoms with Crippen LogP contribution in [0.5, 0.6) is 0 Å². The van der Waals surface area contributed by atoms with Gasteiger partial charge in [-0.3, -0.25) is 4.90 Å². The largest absolute Gasteiger partial charge is 0.370 e. The Balaban J connectivity index is 1.39. The van der Waals surface area contributed by atoms with Crippen LogP contribution < -0.4 is 10.6 Å². The smallest absolute Gasteiger partial charge is 0.315 e. The molecule has 0 aromatic heterocycles. The Labute approximate surface area is 179 Å². The predicted molar refractivity (Wildman–Crippen MR) is 121 cm³/mol. The minimum atomic E-state index is -0.359. The van der Waals surface area contributed by atoms with Crippen LogP contribution in [-0.2, 0) is 6.54 Å². The van der Waals surface area contributed by atoms with E-state index in [1.165, 1.54) is 53.7 Å². The van der Waals surface area contributed by atoms with E-state index in [0.717, 1.165) is 19.1 Å². The highest BCUT2D eigenvalue weighted by molar-refractivity contribution is 5.75. The Hall–Kier alpha value is -2.53. The van der Waals surface area contributed by atoms with Crippen molar-refractivity contribution < 1.29 is 4.79 Å². The minimum absolute atomic E-state index is 0.0930. The van der Waals surface area contributed by atoms with Gasteiger partial charge in [-0.1, -0.05) is 30.3 Å². The van der Waals surface area contributed by atoms with Crippen molar-refractivity contribution in [2.45, 2.75) is 57.8 Å². The van der Waals surface area contributed by atoms with Gasteiger partial charge in [-0.15, -0.1) is 0 Å². The summed E-state index contributed by atoms with van der Waals surface area (Å²) < 4.78 is 0. The molecule has 2 N–H and O–H groups in total. The molecule has 0 bridgehead atoms. The Morgan fingerprint density at radius 1 is 1.07 bits per heavy atom. The van der Waals surface area contributed by atoms with Crippen molar-refractivity contribution in [1.29, 1.82) is 0 Å². The normalized spacial score (nSPS) is 26.4. The van der Waals surface area contributed by atoms with Gasteiger partial charge in [0.05, 0.1) is 6.04 Å². The van der Waals surface area contributed by atoms with Gasteiger partial charge in [-0.25, -0.2) is 4.79 Å². The SMILES string of the molecule is Cc1cc(N2CCC(N3CCCC3C)C2)ccc1C1c2ccccc2CN1C(N)=O. The third-order valence-electron chi connectivity index (χ3n) is 7.43. The zero-order valence-electron chi connectivity index (χ0n) is 18.1. The topological polar surface area (TPSA) is 52.8 Å². The Bertz CT molecular complexity index is 958. The van der Waals surface area contributed by atoms with Crippen LogP contribution in [0.4, 0.5) is 10.5 Å². The molecule has 2 aromatic rings. The first-order valence-corrected chi connectivity index (χ1v) is 11.3. The van der Waals surface area contributed by atoms with Crippen LogP contribution in [-0.4, -0.2) is 47.5 Å². The number of benzene rings is 2. The van der Waals surface area contributed by atoms with E-state index in [1.54, 1.807) is 4.90 Å².